The van der Waals surface area contributed by atoms with Crippen molar-refractivity contribution in [1.82, 2.24) is 9.97 Å². The number of nitrogens with one attached hydrogen (secondary N) is 1. The number of hydrogen-bond donors (Lipinski definition) is 1. The maximum absolute atomic E-state index is 5.43. The van der Waals surface area contributed by atoms with Crippen LogP contribution in [0.3, 0.4) is 0 Å². The lowest BCUT2D eigenvalue weighted by atomic mass is 10.2. The minimum atomic E-state index is 0.269. The number of fused-ring (bicyclic) bond motifs is 1. The average Bonchev–Trinajstić information content (AvgIpc) is 3.23. The number of ether oxygens (including phenoxy) is 2. The molecule has 0 unspecified atom stereocenters. The minimum absolute atomic E-state index is 0.269. The molecule has 1 saturated heterocycles. The van der Waals surface area contributed by atoms with E-state index >= 15 is 0 Å². The van der Waals surface area contributed by atoms with Gasteiger partial charge in [-0.1, -0.05) is 18.2 Å². The monoisotopic (exact) mass is 375 g/mol. The number of rotatable bonds is 4. The highest BCUT2D eigenvalue weighted by Crippen LogP contribution is 2.35. The Morgan fingerprint density at radius 2 is 1.61 bits per heavy atom. The Hall–Kier alpha value is -3.48. The predicted molar refractivity (Wildman–Crippen MR) is 109 cm³/mol. The fourth-order valence-electron chi connectivity index (χ4n) is 3.50. The van der Waals surface area contributed by atoms with Crippen molar-refractivity contribution in [1.29, 1.82) is 0 Å². The molecule has 7 heteroatoms. The first-order valence-corrected chi connectivity index (χ1v) is 9.40. The highest BCUT2D eigenvalue weighted by molar-refractivity contribution is 5.62. The Morgan fingerprint density at radius 3 is 2.46 bits per heavy atom. The highest BCUT2D eigenvalue weighted by Gasteiger charge is 2.19. The van der Waals surface area contributed by atoms with Gasteiger partial charge in [0.05, 0.1) is 0 Å². The smallest absolute Gasteiger partial charge is 0.231 e. The molecule has 3 heterocycles. The van der Waals surface area contributed by atoms with Gasteiger partial charge >= 0.3 is 0 Å². The van der Waals surface area contributed by atoms with E-state index in [1.807, 2.05) is 30.3 Å². The van der Waals surface area contributed by atoms with Gasteiger partial charge in [0.15, 0.2) is 11.5 Å². The molecule has 0 atom stereocenters. The fourth-order valence-corrected chi connectivity index (χ4v) is 3.50. The Morgan fingerprint density at radius 1 is 0.821 bits per heavy atom. The fraction of sp³-hybridized carbons (Fsp3) is 0.238. The summed E-state index contributed by atoms with van der Waals surface area (Å²) in [5.74, 6) is 3.02. The molecule has 142 valence electrons. The zero-order valence-corrected chi connectivity index (χ0v) is 15.4. The van der Waals surface area contributed by atoms with E-state index in [1.54, 1.807) is 6.20 Å². The zero-order chi connectivity index (χ0) is 18.8. The van der Waals surface area contributed by atoms with Crippen LogP contribution in [0.25, 0.3) is 0 Å². The van der Waals surface area contributed by atoms with Crippen molar-refractivity contribution in [3.63, 3.8) is 0 Å². The molecule has 1 N–H and O–H groups in total. The summed E-state index contributed by atoms with van der Waals surface area (Å²) in [4.78, 5) is 13.8. The molecule has 0 aliphatic carbocycles. The van der Waals surface area contributed by atoms with Gasteiger partial charge in [-0.2, -0.15) is 4.98 Å². The van der Waals surface area contributed by atoms with Gasteiger partial charge < -0.3 is 24.6 Å². The molecule has 2 aromatic carbocycles. The number of aromatic nitrogens is 2. The van der Waals surface area contributed by atoms with Crippen molar-refractivity contribution in [2.75, 3.05) is 48.1 Å². The molecule has 0 amide bonds. The largest absolute Gasteiger partial charge is 0.454 e. The second-order valence-electron chi connectivity index (χ2n) is 6.74. The first-order valence-electron chi connectivity index (χ1n) is 9.40. The van der Waals surface area contributed by atoms with Crippen molar-refractivity contribution in [2.45, 2.75) is 0 Å². The van der Waals surface area contributed by atoms with Gasteiger partial charge in [0.1, 0.15) is 5.82 Å². The molecule has 0 bridgehead atoms. The third kappa shape index (κ3) is 3.38. The van der Waals surface area contributed by atoms with E-state index in [9.17, 15) is 0 Å². The Bertz CT molecular complexity index is 958. The van der Waals surface area contributed by atoms with E-state index < -0.39 is 0 Å². The van der Waals surface area contributed by atoms with Crippen LogP contribution in [-0.2, 0) is 0 Å². The molecule has 0 radical (unpaired) electrons. The molecule has 2 aliphatic heterocycles. The highest BCUT2D eigenvalue weighted by atomic mass is 16.7. The van der Waals surface area contributed by atoms with Gasteiger partial charge in [-0.15, -0.1) is 0 Å². The lowest BCUT2D eigenvalue weighted by molar-refractivity contribution is 0.174. The molecule has 2 aliphatic rings. The van der Waals surface area contributed by atoms with E-state index in [-0.39, 0.29) is 6.79 Å². The summed E-state index contributed by atoms with van der Waals surface area (Å²) < 4.78 is 10.8. The Labute approximate surface area is 163 Å². The summed E-state index contributed by atoms with van der Waals surface area (Å²) >= 11 is 0. The predicted octanol–water partition coefficient (Wildman–Crippen LogP) is 3.28. The third-order valence-electron chi connectivity index (χ3n) is 4.97. The van der Waals surface area contributed by atoms with E-state index in [1.165, 1.54) is 5.69 Å². The van der Waals surface area contributed by atoms with Crippen LogP contribution in [0, 0.1) is 0 Å². The van der Waals surface area contributed by atoms with Crippen LogP contribution >= 0.6 is 0 Å². The topological polar surface area (TPSA) is 62.8 Å². The average molecular weight is 375 g/mol. The van der Waals surface area contributed by atoms with Gasteiger partial charge in [0, 0.05) is 49.8 Å². The lowest BCUT2D eigenvalue weighted by Crippen LogP contribution is -2.47. The van der Waals surface area contributed by atoms with Gasteiger partial charge in [-0.3, -0.25) is 0 Å². The number of anilines is 4. The first kappa shape index (κ1) is 16.7. The zero-order valence-electron chi connectivity index (χ0n) is 15.4. The number of piperazine rings is 1. The van der Waals surface area contributed by atoms with Gasteiger partial charge in [0.25, 0.3) is 0 Å². The minimum Gasteiger partial charge on any atom is -0.454 e. The summed E-state index contributed by atoms with van der Waals surface area (Å²) in [6.07, 6.45) is 1.79. The van der Waals surface area contributed by atoms with Crippen LogP contribution in [0.1, 0.15) is 0 Å². The lowest BCUT2D eigenvalue weighted by Gasteiger charge is -2.36. The van der Waals surface area contributed by atoms with Crippen LogP contribution in [-0.4, -0.2) is 42.9 Å². The summed E-state index contributed by atoms with van der Waals surface area (Å²) in [7, 11) is 0. The van der Waals surface area contributed by atoms with Gasteiger partial charge in [-0.05, 0) is 30.3 Å². The molecule has 28 heavy (non-hydrogen) atoms. The van der Waals surface area contributed by atoms with Crippen molar-refractivity contribution in [3.8, 4) is 11.5 Å². The van der Waals surface area contributed by atoms with Crippen molar-refractivity contribution in [2.24, 2.45) is 0 Å². The van der Waals surface area contributed by atoms with Gasteiger partial charge in [0.2, 0.25) is 12.7 Å². The van der Waals surface area contributed by atoms with Crippen LogP contribution in [0.15, 0.2) is 60.8 Å². The van der Waals surface area contributed by atoms with Crippen LogP contribution in [0.5, 0.6) is 11.5 Å². The molecule has 3 aromatic rings. The summed E-state index contributed by atoms with van der Waals surface area (Å²) in [6.45, 7) is 3.95. The van der Waals surface area contributed by atoms with E-state index in [2.05, 4.69) is 44.4 Å². The molecule has 0 saturated carbocycles. The third-order valence-corrected chi connectivity index (χ3v) is 4.97. The second kappa shape index (κ2) is 7.26. The van der Waals surface area contributed by atoms with Crippen molar-refractivity contribution in [3.05, 3.63) is 60.8 Å². The second-order valence-corrected chi connectivity index (χ2v) is 6.74. The molecular weight excluding hydrogens is 354 g/mol. The Balaban J connectivity index is 1.26. The number of para-hydroxylation sites is 1. The molecule has 0 spiro atoms. The van der Waals surface area contributed by atoms with Crippen LogP contribution in [0.2, 0.25) is 0 Å². The van der Waals surface area contributed by atoms with Crippen molar-refractivity contribution >= 4 is 23.1 Å². The first-order chi connectivity index (χ1) is 13.8. The number of hydrogen-bond acceptors (Lipinski definition) is 7. The standard InChI is InChI=1S/C21H21N5O2/c1-2-4-17(5-3-1)25-10-12-26(13-11-25)21-22-9-8-20(24-21)23-16-6-7-18-19(14-16)28-15-27-18/h1-9,14H,10-13,15H2,(H,22,23,24). The van der Waals surface area contributed by atoms with E-state index in [4.69, 9.17) is 14.5 Å². The summed E-state index contributed by atoms with van der Waals surface area (Å²) in [6, 6.07) is 18.2. The van der Waals surface area contributed by atoms with Gasteiger partial charge in [-0.25, -0.2) is 4.98 Å². The molecule has 1 aromatic heterocycles. The maximum Gasteiger partial charge on any atom is 0.231 e. The summed E-state index contributed by atoms with van der Waals surface area (Å²) in [5, 5.41) is 3.32. The van der Waals surface area contributed by atoms with Crippen LogP contribution in [0.4, 0.5) is 23.1 Å². The summed E-state index contributed by atoms with van der Waals surface area (Å²) in [5.41, 5.74) is 2.17. The Kier molecular flexibility index (Phi) is 4.33. The number of benzene rings is 2. The van der Waals surface area contributed by atoms with Crippen LogP contribution < -0.4 is 24.6 Å². The SMILES string of the molecule is c1ccc(N2CCN(c3nccc(Nc4ccc5c(c4)OCO5)n3)CC2)cc1. The van der Waals surface area contributed by atoms with E-state index in [0.29, 0.717) is 0 Å². The molecule has 1 fully saturated rings. The molecule has 5 rings (SSSR count). The quantitative estimate of drug-likeness (QED) is 0.751. The number of nitrogens with zero attached hydrogens (tertiary/aromatic N) is 4. The van der Waals surface area contributed by atoms with E-state index in [0.717, 1.165) is 55.1 Å². The molecule has 7 nitrogen and oxygen atoms in total. The van der Waals surface area contributed by atoms with Crippen molar-refractivity contribution < 1.29 is 9.47 Å². The molecular formula is C21H21N5O2. The normalized spacial score (nSPS) is 15.6. The maximum atomic E-state index is 5.43.